The lowest BCUT2D eigenvalue weighted by atomic mass is 10.1. The summed E-state index contributed by atoms with van der Waals surface area (Å²) in [6.07, 6.45) is 0. The number of likely N-dealkylation sites (N-methyl/N-ethyl adjacent to an activating group) is 1. The van der Waals surface area contributed by atoms with Gasteiger partial charge in [0.05, 0.1) is 13.2 Å². The lowest BCUT2D eigenvalue weighted by molar-refractivity contribution is 0.310. The number of anilines is 1. The first-order chi connectivity index (χ1) is 13.7. The molecule has 0 spiro atoms. The molecule has 3 heterocycles. The van der Waals surface area contributed by atoms with Crippen LogP contribution >= 0.6 is 11.3 Å². The molecular formula is C20H22N6OS. The first-order valence-electron chi connectivity index (χ1n) is 8.95. The molecule has 0 saturated carbocycles. The second-order valence-electron chi connectivity index (χ2n) is 6.66. The molecular weight excluding hydrogens is 372 g/mol. The van der Waals surface area contributed by atoms with E-state index in [4.69, 9.17) is 9.84 Å². The summed E-state index contributed by atoms with van der Waals surface area (Å²) in [6.45, 7) is 0.703. The maximum atomic E-state index is 5.37. The van der Waals surface area contributed by atoms with Crippen molar-refractivity contribution in [3.05, 3.63) is 58.8 Å². The Morgan fingerprint density at radius 2 is 2.07 bits per heavy atom. The van der Waals surface area contributed by atoms with Gasteiger partial charge in [-0.15, -0.1) is 15.3 Å². The maximum absolute atomic E-state index is 5.37. The summed E-state index contributed by atoms with van der Waals surface area (Å²) in [5, 5.41) is 20.7. The van der Waals surface area contributed by atoms with Gasteiger partial charge in [0.15, 0.2) is 11.5 Å². The zero-order valence-electron chi connectivity index (χ0n) is 16.0. The number of nitrogens with one attached hydrogen (secondary N) is 1. The average molecular weight is 395 g/mol. The lowest BCUT2D eigenvalue weighted by Gasteiger charge is -2.25. The van der Waals surface area contributed by atoms with E-state index in [1.165, 1.54) is 5.56 Å². The summed E-state index contributed by atoms with van der Waals surface area (Å²) < 4.78 is 7.15. The molecule has 0 bridgehead atoms. The van der Waals surface area contributed by atoms with E-state index < -0.39 is 0 Å². The molecule has 7 nitrogen and oxygen atoms in total. The highest BCUT2D eigenvalue weighted by atomic mass is 32.1. The van der Waals surface area contributed by atoms with Crippen LogP contribution in [0.5, 0.6) is 5.75 Å². The summed E-state index contributed by atoms with van der Waals surface area (Å²) in [5.41, 5.74) is 2.93. The summed E-state index contributed by atoms with van der Waals surface area (Å²) in [4.78, 5) is 2.18. The van der Waals surface area contributed by atoms with Crippen LogP contribution in [0.4, 0.5) is 5.82 Å². The van der Waals surface area contributed by atoms with Crippen LogP contribution in [0.25, 0.3) is 17.0 Å². The van der Waals surface area contributed by atoms with Gasteiger partial charge in [0.1, 0.15) is 11.6 Å². The van der Waals surface area contributed by atoms with Crippen molar-refractivity contribution >= 4 is 22.8 Å². The Bertz CT molecular complexity index is 1060. The van der Waals surface area contributed by atoms with E-state index in [2.05, 4.69) is 46.6 Å². The van der Waals surface area contributed by atoms with E-state index in [-0.39, 0.29) is 6.04 Å². The molecule has 0 amide bonds. The molecule has 0 fully saturated rings. The molecule has 1 atom stereocenters. The van der Waals surface area contributed by atoms with Gasteiger partial charge < -0.3 is 15.0 Å². The van der Waals surface area contributed by atoms with Gasteiger partial charge in [-0.2, -0.15) is 15.9 Å². The monoisotopic (exact) mass is 394 g/mol. The molecule has 28 heavy (non-hydrogen) atoms. The van der Waals surface area contributed by atoms with Crippen LogP contribution in [0.3, 0.4) is 0 Å². The second kappa shape index (κ2) is 7.95. The minimum Gasteiger partial charge on any atom is -0.497 e. The van der Waals surface area contributed by atoms with Gasteiger partial charge in [-0.3, -0.25) is 0 Å². The van der Waals surface area contributed by atoms with Crippen molar-refractivity contribution in [3.63, 3.8) is 0 Å². The zero-order chi connectivity index (χ0) is 19.5. The molecule has 0 aliphatic rings. The van der Waals surface area contributed by atoms with Gasteiger partial charge in [-0.1, -0.05) is 12.1 Å². The SMILES string of the molecule is COc1cccc(C(CNc2ccc3nnc(-c4ccsc4)n3n2)N(C)C)c1. The van der Waals surface area contributed by atoms with Crippen LogP contribution in [0.15, 0.2) is 53.2 Å². The molecule has 4 rings (SSSR count). The van der Waals surface area contributed by atoms with Gasteiger partial charge >= 0.3 is 0 Å². The molecule has 1 aromatic carbocycles. The predicted molar refractivity (Wildman–Crippen MR) is 112 cm³/mol. The maximum Gasteiger partial charge on any atom is 0.186 e. The van der Waals surface area contributed by atoms with E-state index in [9.17, 15) is 0 Å². The molecule has 1 unspecified atom stereocenters. The topological polar surface area (TPSA) is 67.6 Å². The van der Waals surface area contributed by atoms with Crippen LogP contribution < -0.4 is 10.1 Å². The molecule has 8 heteroatoms. The standard InChI is InChI=1S/C20H22N6OS/c1-25(2)17(14-5-4-6-16(11-14)27-3)12-21-18-7-8-19-22-23-20(26(19)24-18)15-9-10-28-13-15/h4-11,13,17H,12H2,1-3H3,(H,21,24). The number of hydrogen-bond acceptors (Lipinski definition) is 7. The Hall–Kier alpha value is -2.97. The molecule has 1 N–H and O–H groups in total. The van der Waals surface area contributed by atoms with Crippen LogP contribution in [0.1, 0.15) is 11.6 Å². The molecule has 0 aliphatic carbocycles. The third-order valence-corrected chi connectivity index (χ3v) is 5.30. The van der Waals surface area contributed by atoms with Crippen LogP contribution in [-0.2, 0) is 0 Å². The fourth-order valence-corrected chi connectivity index (χ4v) is 3.74. The largest absolute Gasteiger partial charge is 0.497 e. The van der Waals surface area contributed by atoms with Crippen LogP contribution in [-0.4, -0.2) is 52.5 Å². The first-order valence-corrected chi connectivity index (χ1v) is 9.89. The summed E-state index contributed by atoms with van der Waals surface area (Å²) >= 11 is 1.63. The van der Waals surface area contributed by atoms with Crippen molar-refractivity contribution in [2.24, 2.45) is 0 Å². The van der Waals surface area contributed by atoms with Gasteiger partial charge in [0.25, 0.3) is 0 Å². The Morgan fingerprint density at radius 1 is 1.18 bits per heavy atom. The Morgan fingerprint density at radius 3 is 2.82 bits per heavy atom. The molecule has 0 saturated heterocycles. The van der Waals surface area contributed by atoms with Crippen molar-refractivity contribution in [1.29, 1.82) is 0 Å². The number of ether oxygens (including phenoxy) is 1. The van der Waals surface area contributed by atoms with Crippen molar-refractivity contribution in [2.75, 3.05) is 33.1 Å². The van der Waals surface area contributed by atoms with Gasteiger partial charge in [-0.05, 0) is 55.4 Å². The number of benzene rings is 1. The fraction of sp³-hybridized carbons (Fsp3) is 0.250. The number of hydrogen-bond donors (Lipinski definition) is 1. The van der Waals surface area contributed by atoms with Crippen LogP contribution in [0.2, 0.25) is 0 Å². The highest BCUT2D eigenvalue weighted by Gasteiger charge is 2.16. The number of thiophene rings is 1. The predicted octanol–water partition coefficient (Wildman–Crippen LogP) is 3.58. The zero-order valence-corrected chi connectivity index (χ0v) is 16.8. The minimum atomic E-state index is 0.171. The van der Waals surface area contributed by atoms with E-state index in [0.29, 0.717) is 6.54 Å². The van der Waals surface area contributed by atoms with Gasteiger partial charge in [0, 0.05) is 17.5 Å². The number of nitrogens with zero attached hydrogens (tertiary/aromatic N) is 5. The summed E-state index contributed by atoms with van der Waals surface area (Å²) in [5.74, 6) is 2.38. The molecule has 0 radical (unpaired) electrons. The quantitative estimate of drug-likeness (QED) is 0.517. The van der Waals surface area contributed by atoms with Crippen molar-refractivity contribution in [1.82, 2.24) is 24.7 Å². The molecule has 0 aliphatic heterocycles. The van der Waals surface area contributed by atoms with Crippen molar-refractivity contribution < 1.29 is 4.74 Å². The average Bonchev–Trinajstić information content (AvgIpc) is 3.37. The number of rotatable bonds is 7. The van der Waals surface area contributed by atoms with E-state index in [1.807, 2.05) is 41.1 Å². The van der Waals surface area contributed by atoms with Gasteiger partial charge in [-0.25, -0.2) is 0 Å². The molecule has 4 aromatic rings. The Kier molecular flexibility index (Phi) is 5.23. The smallest absolute Gasteiger partial charge is 0.186 e. The normalized spacial score (nSPS) is 12.4. The van der Waals surface area contributed by atoms with Crippen LogP contribution in [0, 0.1) is 0 Å². The number of aromatic nitrogens is 4. The minimum absolute atomic E-state index is 0.171. The summed E-state index contributed by atoms with van der Waals surface area (Å²) in [6, 6.07) is 14.2. The lowest BCUT2D eigenvalue weighted by Crippen LogP contribution is -2.27. The molecule has 144 valence electrons. The summed E-state index contributed by atoms with van der Waals surface area (Å²) in [7, 11) is 5.82. The number of fused-ring (bicyclic) bond motifs is 1. The highest BCUT2D eigenvalue weighted by molar-refractivity contribution is 7.08. The molecule has 3 aromatic heterocycles. The third-order valence-electron chi connectivity index (χ3n) is 4.62. The van der Waals surface area contributed by atoms with Crippen molar-refractivity contribution in [2.45, 2.75) is 6.04 Å². The van der Waals surface area contributed by atoms with Crippen molar-refractivity contribution in [3.8, 4) is 17.1 Å². The third kappa shape index (κ3) is 3.69. The van der Waals surface area contributed by atoms with Gasteiger partial charge in [0.2, 0.25) is 0 Å². The highest BCUT2D eigenvalue weighted by Crippen LogP contribution is 2.24. The second-order valence-corrected chi connectivity index (χ2v) is 7.44. The van der Waals surface area contributed by atoms with E-state index in [1.54, 1.807) is 23.0 Å². The first kappa shape index (κ1) is 18.4. The Balaban J connectivity index is 1.57. The number of methoxy groups -OCH3 is 1. The Labute approximate surface area is 167 Å². The van der Waals surface area contributed by atoms with E-state index >= 15 is 0 Å². The van der Waals surface area contributed by atoms with E-state index in [0.717, 1.165) is 28.6 Å². The fourth-order valence-electron chi connectivity index (χ4n) is 3.10.